The lowest BCUT2D eigenvalue weighted by atomic mass is 9.76. The van der Waals surface area contributed by atoms with Crippen molar-refractivity contribution < 1.29 is 70.9 Å². The third-order valence-corrected chi connectivity index (χ3v) is 32.8. The number of aliphatic hydroxyl groups excluding tert-OH is 3. The van der Waals surface area contributed by atoms with Gasteiger partial charge in [0, 0.05) is 127 Å². The number of nitrogens with zero attached hydrogens (tertiary/aromatic N) is 3. The number of hydrogen-bond acceptors (Lipinski definition) is 19. The summed E-state index contributed by atoms with van der Waals surface area (Å²) in [5.74, 6) is -0.935. The molecule has 0 bridgehead atoms. The number of piperidine rings is 1. The standard InChI is InChI=1S/C25H30ClFN2O2.C24H28BrFN2O2.C23H28BrFN2O2.C21H22ClFN2O3.C20H22ClFN2O.3CH4/c26-18-12-21-24(22(27)13-18)28-23(17-4-2-1-3-5-17)20-7-6-19(31-25(20)21)14-29-10-8-16(15-30)9-11-29;25-16-11-20-23(21(26)12-16)27-22(15-5-2-1-3-6-15)19-9-8-18(30-24(19)20)13-28-10-4-7-17(28)14-29;1-2-27(10-11-28)14-17-8-9-18-21(15-6-4-3-5-7-15)26-22-19(23(18)29-17)12-16(24)13-20(22)25;22-13-8-16-20(17(23)9-13)25-19(12-4-2-1-3-5-12)15-7-6-14(28-21(15)16)10-24-11-18(26)27;21-13-10-16-19(17(22)11-13)24-18(12-4-2-1-3-5-12)15-7-6-14(8-9-23)25-20(15)16;;;/h1-5,12-13,16,19-20,23,25,28,30H,6-11,14-15H2;1-3,5-6,11-12,17-19,22,24,27,29H,4,7-10,13-14H2;3-7,12-13,17-18,21,23,26,28H,2,8-11,14H2,1H3;1-5,8-9,14-15,19,21,24-25H,6-7,10-11H2,(H,26,27);1-5,10-11,14-15,18,20,24H,6-9,23H2;3*1H4/t19-,20+,23+,25+;17?,18-,19+,22+,24+;17-,18+,21+,23+;14-,15+,19+,21+;14-,15+,18+,20+;;;/m11111.../s1. The third-order valence-electron chi connectivity index (χ3n) is 31.2. The van der Waals surface area contributed by atoms with Crippen LogP contribution >= 0.6 is 66.7 Å². The number of carboxylic acid groups (broad SMARTS) is 1. The molecule has 0 aromatic heterocycles. The van der Waals surface area contributed by atoms with Crippen LogP contribution in [0.1, 0.15) is 242 Å². The van der Waals surface area contributed by atoms with Crippen molar-refractivity contribution in [2.75, 3.05) is 118 Å². The molecule has 1 unspecified atom stereocenters. The first-order valence-electron chi connectivity index (χ1n) is 51.0. The number of halogens is 10. The van der Waals surface area contributed by atoms with E-state index in [9.17, 15) is 42.1 Å². The quantitative estimate of drug-likeness (QED) is 0.0282. The zero-order chi connectivity index (χ0) is 99.5. The van der Waals surface area contributed by atoms with E-state index in [1.165, 1.54) is 35.9 Å². The fraction of sp³-hybridized carbons (Fsp3) is 0.474. The summed E-state index contributed by atoms with van der Waals surface area (Å²) in [6, 6.07) is 67.8. The van der Waals surface area contributed by atoms with Crippen LogP contribution in [0.3, 0.4) is 0 Å². The number of rotatable bonds is 22. The minimum atomic E-state index is -0.904. The Hall–Kier alpha value is -8.37. The van der Waals surface area contributed by atoms with Gasteiger partial charge < -0.3 is 86.6 Å². The number of fused-ring (bicyclic) bond motifs is 15. The minimum absolute atomic E-state index is 0. The van der Waals surface area contributed by atoms with Crippen molar-refractivity contribution in [2.45, 2.75) is 223 Å². The molecule has 7 saturated heterocycles. The highest BCUT2D eigenvalue weighted by Gasteiger charge is 2.51. The second kappa shape index (κ2) is 52.1. The molecule has 20 nitrogen and oxygen atoms in total. The molecular weight excluding hydrogens is 2050 g/mol. The monoisotopic (exact) mass is 2190 g/mol. The number of ether oxygens (including phenoxy) is 5. The van der Waals surface area contributed by atoms with Crippen molar-refractivity contribution in [3.8, 4) is 0 Å². The van der Waals surface area contributed by atoms with Crippen molar-refractivity contribution in [1.29, 1.82) is 0 Å². The summed E-state index contributed by atoms with van der Waals surface area (Å²) < 4.78 is 108. The van der Waals surface area contributed by atoms with Crippen molar-refractivity contribution in [2.24, 2.45) is 41.2 Å². The van der Waals surface area contributed by atoms with Crippen LogP contribution in [0.2, 0.25) is 15.1 Å². The van der Waals surface area contributed by atoms with E-state index in [-0.39, 0.29) is 199 Å². The van der Waals surface area contributed by atoms with Gasteiger partial charge in [-0.1, -0.05) is 248 Å². The SMILES string of the molecule is C.C.C.CCN(CCO)C[C@H]1CC[C@@H]2[C@H](O1)c1cc(Br)cc(F)c1N[C@H]2c1ccccc1.NCC[C@H]1CC[C@@H]2[C@H](O1)c1cc(Cl)cc(F)c1N[C@H]2c1ccccc1.O=C(O)CNC[C@H]1CC[C@@H]2[C@H](O1)c1cc(Cl)cc(F)c1N[C@H]2c1ccccc1.OCC1CCCN1C[C@H]1CC[C@@H]2[C@H](O1)c1cc(Br)cc(F)c1N[C@H]2c1ccccc1.OCC1CCN(C[C@H]2CC[C@@H]3[C@H](O2)c2cc(Cl)cc(F)c2N[C@H]3c2ccccc2)CC1. The first kappa shape index (κ1) is 112. The Morgan fingerprint density at radius 3 is 1.10 bits per heavy atom. The van der Waals surface area contributed by atoms with Crippen LogP contribution in [0.25, 0.3) is 0 Å². The van der Waals surface area contributed by atoms with E-state index in [0.29, 0.717) is 69.1 Å². The second-order valence-electron chi connectivity index (χ2n) is 40.1. The van der Waals surface area contributed by atoms with E-state index < -0.39 is 11.8 Å². The summed E-state index contributed by atoms with van der Waals surface area (Å²) in [5, 5.41) is 58.5. The summed E-state index contributed by atoms with van der Waals surface area (Å²) in [6.07, 6.45) is 14.1. The lowest BCUT2D eigenvalue weighted by Crippen LogP contribution is -2.45. The fourth-order valence-corrected chi connectivity index (χ4v) is 25.8. The molecule has 30 heteroatoms. The number of nitrogens with one attached hydrogen (secondary N) is 6. The summed E-state index contributed by atoms with van der Waals surface area (Å²) in [5.41, 5.74) is 18.2. The number of aliphatic hydroxyl groups is 3. The summed E-state index contributed by atoms with van der Waals surface area (Å²) >= 11 is 25.4. The zero-order valence-corrected chi connectivity index (χ0v) is 85.8. The normalized spacial score (nSPS) is 27.5. The van der Waals surface area contributed by atoms with Gasteiger partial charge in [0.1, 0.15) is 29.1 Å². The van der Waals surface area contributed by atoms with Crippen molar-refractivity contribution in [1.82, 2.24) is 20.0 Å². The predicted molar refractivity (Wildman–Crippen MR) is 580 cm³/mol. The van der Waals surface area contributed by atoms with Crippen LogP contribution in [0.5, 0.6) is 0 Å². The average Bonchev–Trinajstić information content (AvgIpc) is 0.854. The number of hydrogen-bond donors (Lipinski definition) is 11. The van der Waals surface area contributed by atoms with Crippen LogP contribution < -0.4 is 37.6 Å². The predicted octanol–water partition coefficient (Wildman–Crippen LogP) is 26.0. The van der Waals surface area contributed by atoms with Gasteiger partial charge in [-0.2, -0.15) is 0 Å². The molecule has 7 fully saturated rings. The van der Waals surface area contributed by atoms with Gasteiger partial charge in [0.05, 0.1) is 139 Å². The summed E-state index contributed by atoms with van der Waals surface area (Å²) in [4.78, 5) is 17.8. The zero-order valence-electron chi connectivity index (χ0n) is 80.4. The highest BCUT2D eigenvalue weighted by molar-refractivity contribution is 9.10. The minimum Gasteiger partial charge on any atom is -0.480 e. The van der Waals surface area contributed by atoms with Gasteiger partial charge in [0.2, 0.25) is 0 Å². The maximum absolute atomic E-state index is 14.9. The molecule has 12 heterocycles. The fourth-order valence-electron chi connectivity index (χ4n) is 24.2. The van der Waals surface area contributed by atoms with E-state index in [1.807, 2.05) is 127 Å². The average molecular weight is 2200 g/mol. The van der Waals surface area contributed by atoms with Crippen LogP contribution in [-0.2, 0) is 28.5 Å². The lowest BCUT2D eigenvalue weighted by molar-refractivity contribution is -0.136. The largest absolute Gasteiger partial charge is 0.480 e. The molecule has 21 atom stereocenters. The number of aliphatic carboxylic acids is 1. The molecule has 22 rings (SSSR count). The van der Waals surface area contributed by atoms with Gasteiger partial charge in [0.25, 0.3) is 0 Å². The summed E-state index contributed by atoms with van der Waals surface area (Å²) in [6.45, 7) is 10.7. The Balaban J connectivity index is 0.000000137. The Bertz CT molecular complexity index is 5900. The van der Waals surface area contributed by atoms with Crippen LogP contribution in [0.15, 0.2) is 221 Å². The smallest absolute Gasteiger partial charge is 0.317 e. The Morgan fingerprint density at radius 1 is 0.425 bits per heavy atom. The molecule has 0 aliphatic carbocycles. The molecular formula is C116H142Br2Cl3F5N10O10. The third kappa shape index (κ3) is 26.1. The number of carboxylic acids is 1. The van der Waals surface area contributed by atoms with Crippen LogP contribution in [0.4, 0.5) is 50.4 Å². The molecule has 0 radical (unpaired) electrons. The van der Waals surface area contributed by atoms with Crippen molar-refractivity contribution in [3.63, 3.8) is 0 Å². The van der Waals surface area contributed by atoms with Crippen LogP contribution in [0, 0.1) is 64.6 Å². The van der Waals surface area contributed by atoms with E-state index >= 15 is 0 Å². The number of nitrogens with two attached hydrogens (primary N) is 1. The Morgan fingerprint density at radius 2 is 0.753 bits per heavy atom. The molecule has 10 aromatic carbocycles. The van der Waals surface area contributed by atoms with Gasteiger partial charge in [-0.05, 0) is 223 Å². The Kier molecular flexibility index (Phi) is 39.9. The Labute approximate surface area is 889 Å². The van der Waals surface area contributed by atoms with Gasteiger partial charge in [-0.15, -0.1) is 0 Å². The van der Waals surface area contributed by atoms with E-state index in [2.05, 4.69) is 134 Å². The topological polar surface area (TPSA) is 252 Å². The first-order valence-corrected chi connectivity index (χ1v) is 53.7. The van der Waals surface area contributed by atoms with Gasteiger partial charge >= 0.3 is 5.97 Å². The summed E-state index contributed by atoms with van der Waals surface area (Å²) in [7, 11) is 0. The van der Waals surface area contributed by atoms with Gasteiger partial charge in [0.15, 0.2) is 0 Å². The number of anilines is 5. The van der Waals surface area contributed by atoms with Gasteiger partial charge in [-0.3, -0.25) is 14.6 Å². The maximum Gasteiger partial charge on any atom is 0.317 e. The molecule has 0 saturated carbocycles. The van der Waals surface area contributed by atoms with Crippen molar-refractivity contribution in [3.05, 3.63) is 321 Å². The number of benzene rings is 10. The van der Waals surface area contributed by atoms with Crippen molar-refractivity contribution >= 4 is 101 Å². The molecule has 10 aromatic rings. The number of likely N-dealkylation sites (N-methyl/N-ethyl adjacent to an activating group) is 1. The molecule has 146 heavy (non-hydrogen) atoms. The van der Waals surface area contributed by atoms with Crippen LogP contribution in [-0.4, -0.2) is 169 Å². The van der Waals surface area contributed by atoms with E-state index in [4.69, 9.17) is 69.3 Å². The molecule has 786 valence electrons. The lowest BCUT2D eigenvalue weighted by Gasteiger charge is -2.46. The first-order chi connectivity index (χ1) is 69.5. The van der Waals surface area contributed by atoms with E-state index in [1.54, 1.807) is 6.07 Å². The molecule has 12 N–H and O–H groups in total. The number of likely N-dealkylation sites (tertiary alicyclic amines) is 2. The molecule has 12 aliphatic rings. The molecule has 0 spiro atoms. The molecule has 0 amide bonds. The second-order valence-corrected chi connectivity index (χ2v) is 43.3. The highest BCUT2D eigenvalue weighted by Crippen LogP contribution is 2.59. The van der Waals surface area contributed by atoms with E-state index in [0.717, 1.165) is 201 Å². The number of carbonyl (C=O) groups is 1. The van der Waals surface area contributed by atoms with Gasteiger partial charge in [-0.25, -0.2) is 22.0 Å². The maximum atomic E-state index is 14.9. The highest BCUT2D eigenvalue weighted by atomic mass is 79.9. The molecule has 12 aliphatic heterocycles.